The van der Waals surface area contributed by atoms with Gasteiger partial charge in [-0.1, -0.05) is 0 Å². The molecule has 10 rings (SSSR count). The van der Waals surface area contributed by atoms with Gasteiger partial charge >= 0.3 is 310 Å². The summed E-state index contributed by atoms with van der Waals surface area (Å²) in [6.07, 6.45) is 0. The summed E-state index contributed by atoms with van der Waals surface area (Å²) in [5.74, 6) is 0. The maximum absolute atomic E-state index is 3.23. The molecule has 0 saturated carbocycles. The molecule has 2 aliphatic carbocycles. The van der Waals surface area contributed by atoms with Crippen molar-refractivity contribution in [3.63, 3.8) is 0 Å². The van der Waals surface area contributed by atoms with Gasteiger partial charge in [0.05, 0.1) is 0 Å². The normalized spacial score (nSPS) is 21.5. The number of fused-ring (bicyclic) bond motifs is 2. The van der Waals surface area contributed by atoms with Crippen molar-refractivity contribution in [1.29, 1.82) is 0 Å². The molecule has 0 radical (unpaired) electrons. The van der Waals surface area contributed by atoms with Crippen LogP contribution in [0.3, 0.4) is 0 Å². The summed E-state index contributed by atoms with van der Waals surface area (Å²) in [7, 11) is -2.64. The summed E-state index contributed by atoms with van der Waals surface area (Å²) in [5.41, 5.74) is 15.3. The molecule has 3 aliphatic rings. The Morgan fingerprint density at radius 3 is 1.35 bits per heavy atom. The second kappa shape index (κ2) is 11.3. The van der Waals surface area contributed by atoms with E-state index in [1.807, 2.05) is 0 Å². The zero-order valence-electron chi connectivity index (χ0n) is 30.1. The van der Waals surface area contributed by atoms with E-state index in [2.05, 4.69) is 181 Å². The molecule has 0 nitrogen and oxygen atoms in total. The Morgan fingerprint density at radius 1 is 0.451 bits per heavy atom. The van der Waals surface area contributed by atoms with Crippen molar-refractivity contribution in [2.75, 3.05) is 0 Å². The Balaban J connectivity index is 1.39. The first-order valence-electron chi connectivity index (χ1n) is 18.5. The van der Waals surface area contributed by atoms with Crippen LogP contribution in [0.2, 0.25) is 15.8 Å². The van der Waals surface area contributed by atoms with E-state index in [-0.39, 0.29) is 0 Å². The minimum atomic E-state index is -3.23. The molecule has 2 heteroatoms. The van der Waals surface area contributed by atoms with Crippen molar-refractivity contribution in [1.82, 2.24) is 0 Å². The van der Waals surface area contributed by atoms with Crippen LogP contribution in [-0.4, -0.2) is 8.07 Å². The molecule has 0 saturated heterocycles. The Morgan fingerprint density at radius 2 is 0.863 bits per heavy atom. The summed E-state index contributed by atoms with van der Waals surface area (Å²) < 4.78 is 6.49. The van der Waals surface area contributed by atoms with Gasteiger partial charge in [-0.25, -0.2) is 0 Å². The van der Waals surface area contributed by atoms with Gasteiger partial charge in [-0.3, -0.25) is 0 Å². The fraction of sp³-hybridized carbons (Fsp3) is 0.143. The third-order valence-corrected chi connectivity index (χ3v) is 28.5. The maximum atomic E-state index is 2.78. The van der Waals surface area contributed by atoms with Crippen LogP contribution < -0.4 is 15.6 Å². The monoisotopic (exact) mass is 748 g/mol. The third kappa shape index (κ3) is 4.21. The molecule has 51 heavy (non-hydrogen) atoms. The molecule has 7 aromatic carbocycles. The molecule has 2 unspecified atom stereocenters. The Bertz CT molecular complexity index is 2490. The Hall–Kier alpha value is -4.36. The number of rotatable bonds is 3. The number of hydrogen-bond acceptors (Lipinski definition) is 0. The molecular formula is C49H42SiZr. The third-order valence-electron chi connectivity index (χ3n) is 13.0. The number of benzene rings is 7. The zero-order chi connectivity index (χ0) is 34.6. The van der Waals surface area contributed by atoms with E-state index in [4.69, 9.17) is 0 Å². The average Bonchev–Trinajstić information content (AvgIpc) is 3.64. The summed E-state index contributed by atoms with van der Waals surface area (Å²) in [6.45, 7) is 7.69. The van der Waals surface area contributed by atoms with Crippen LogP contribution in [0.1, 0.15) is 54.5 Å². The summed E-state index contributed by atoms with van der Waals surface area (Å²) in [4.78, 5) is 0. The van der Waals surface area contributed by atoms with E-state index in [9.17, 15) is 0 Å². The Labute approximate surface area is 307 Å². The van der Waals surface area contributed by atoms with Gasteiger partial charge in [0.2, 0.25) is 0 Å². The second-order valence-electron chi connectivity index (χ2n) is 15.9. The first kappa shape index (κ1) is 31.4. The molecule has 1 heterocycles. The summed E-state index contributed by atoms with van der Waals surface area (Å²) in [5, 5.41) is 9.96. The van der Waals surface area contributed by atoms with E-state index < -0.39 is 28.3 Å². The van der Waals surface area contributed by atoms with Crippen LogP contribution in [0, 0.1) is 0 Å². The first-order valence-corrected chi connectivity index (χ1v) is 28.8. The van der Waals surface area contributed by atoms with Gasteiger partial charge in [-0.2, -0.15) is 0 Å². The standard InChI is InChI=1S/C47H36Si.2CH3.Zr/c1-31-29-35-19-13-27-42(46(35)44(31)40-25-11-17-33-15-7-9-23-38(33)40)48(3,37-21-5-4-6-22-37)43-28-14-20-36-30-32(2)45(47(36)43)41-26-12-18-34-16-8-10-24-39(34)41;;;/h4-30H,1-3H3;2*1H3;. The van der Waals surface area contributed by atoms with Crippen molar-refractivity contribution in [2.24, 2.45) is 0 Å². The van der Waals surface area contributed by atoms with E-state index in [1.165, 1.54) is 49.0 Å². The van der Waals surface area contributed by atoms with Crippen molar-refractivity contribution in [3.05, 3.63) is 196 Å². The predicted octanol–water partition coefficient (Wildman–Crippen LogP) is 11.1. The van der Waals surface area contributed by atoms with Crippen LogP contribution in [0.15, 0.2) is 163 Å². The molecule has 0 amide bonds. The summed E-state index contributed by atoms with van der Waals surface area (Å²) in [6, 6.07) is 58.5. The first-order chi connectivity index (χ1) is 24.8. The van der Waals surface area contributed by atoms with Gasteiger partial charge in [0.1, 0.15) is 0 Å². The van der Waals surface area contributed by atoms with Gasteiger partial charge in [0, 0.05) is 0 Å². The van der Waals surface area contributed by atoms with Crippen LogP contribution in [0.5, 0.6) is 0 Å². The number of hydrogen-bond donors (Lipinski definition) is 0. The molecule has 0 aromatic heterocycles. The van der Waals surface area contributed by atoms with E-state index in [1.54, 1.807) is 43.8 Å². The molecule has 1 aliphatic heterocycles. The van der Waals surface area contributed by atoms with E-state index in [0.29, 0.717) is 7.25 Å². The molecule has 0 N–H and O–H groups in total. The van der Waals surface area contributed by atoms with Gasteiger partial charge in [-0.15, -0.1) is 0 Å². The number of allylic oxidation sites excluding steroid dienone is 2. The van der Waals surface area contributed by atoms with Crippen molar-refractivity contribution in [2.45, 2.75) is 36.9 Å². The van der Waals surface area contributed by atoms with Crippen molar-refractivity contribution in [3.8, 4) is 0 Å². The van der Waals surface area contributed by atoms with Gasteiger partial charge in [-0.05, 0) is 0 Å². The quantitative estimate of drug-likeness (QED) is 0.158. The van der Waals surface area contributed by atoms with Crippen LogP contribution in [0.25, 0.3) is 32.7 Å². The van der Waals surface area contributed by atoms with Gasteiger partial charge < -0.3 is 0 Å². The van der Waals surface area contributed by atoms with Crippen LogP contribution in [-0.2, 0) is 20.3 Å². The topological polar surface area (TPSA) is 0 Å². The van der Waals surface area contributed by atoms with Gasteiger partial charge in [0.25, 0.3) is 0 Å². The fourth-order valence-electron chi connectivity index (χ4n) is 11.1. The zero-order valence-corrected chi connectivity index (χ0v) is 33.5. The van der Waals surface area contributed by atoms with E-state index in [0.717, 1.165) is 0 Å². The molecule has 246 valence electrons. The van der Waals surface area contributed by atoms with E-state index >= 15 is 0 Å². The SMILES string of the molecule is CC1=C(c2cccc3ccccc23)c2c3cccc2[Si](C)(c2ccccc2)c2cccc4c2C(c2cccc5ccccc25)=C(C)[CH]4[Zr]([CH3])([CH3])[CH]13. The molecular weight excluding hydrogens is 708 g/mol. The summed E-state index contributed by atoms with van der Waals surface area (Å²) >= 11 is -3.23. The molecule has 2 atom stereocenters. The molecule has 0 fully saturated rings. The average molecular weight is 750 g/mol. The molecule has 8 bridgehead atoms. The predicted molar refractivity (Wildman–Crippen MR) is 218 cm³/mol. The second-order valence-corrected chi connectivity index (χ2v) is 31.6. The molecule has 7 aromatic rings. The Kier molecular flexibility index (Phi) is 6.96. The van der Waals surface area contributed by atoms with Crippen molar-refractivity contribution < 1.29 is 20.3 Å². The van der Waals surface area contributed by atoms with Crippen LogP contribution >= 0.6 is 0 Å². The minimum absolute atomic E-state index is 0.471. The fourth-order valence-corrected chi connectivity index (χ4v) is 27.4. The van der Waals surface area contributed by atoms with Gasteiger partial charge in [0.15, 0.2) is 0 Å². The van der Waals surface area contributed by atoms with Crippen molar-refractivity contribution >= 4 is 56.3 Å². The molecule has 0 spiro atoms. The van der Waals surface area contributed by atoms with Crippen LogP contribution in [0.4, 0.5) is 0 Å².